The van der Waals surface area contributed by atoms with Crippen LogP contribution in [0, 0.1) is 0 Å². The minimum Gasteiger partial charge on any atom is -0.368 e. The number of nitrogens with one attached hydrogen (secondary N) is 2. The summed E-state index contributed by atoms with van der Waals surface area (Å²) in [6.07, 6.45) is 0.998. The zero-order chi connectivity index (χ0) is 23.2. The monoisotopic (exact) mass is 465 g/mol. The lowest BCUT2D eigenvalue weighted by Crippen LogP contribution is -2.60. The van der Waals surface area contributed by atoms with Crippen LogP contribution in [-0.4, -0.2) is 72.0 Å². The van der Waals surface area contributed by atoms with Gasteiger partial charge in [-0.15, -0.1) is 0 Å². The first-order valence-electron chi connectivity index (χ1n) is 11.6. The van der Waals surface area contributed by atoms with E-state index in [2.05, 4.69) is 40.7 Å². The van der Waals surface area contributed by atoms with Crippen LogP contribution >= 0.6 is 12.2 Å². The van der Waals surface area contributed by atoms with E-state index < -0.39 is 6.04 Å². The lowest BCUT2D eigenvalue weighted by atomic mass is 10.1. The van der Waals surface area contributed by atoms with Gasteiger partial charge in [0.05, 0.1) is 6.42 Å². The first-order chi connectivity index (χ1) is 16.1. The molecule has 8 heteroatoms. The first kappa shape index (κ1) is 23.0. The van der Waals surface area contributed by atoms with Crippen molar-refractivity contribution in [2.75, 3.05) is 49.5 Å². The maximum atomic E-state index is 13.1. The molecular weight excluding hydrogens is 434 g/mol. The number of carbonyl (C=O) groups excluding carboxylic acids is 2. The Labute approximate surface area is 200 Å². The van der Waals surface area contributed by atoms with Crippen LogP contribution in [0.2, 0.25) is 0 Å². The van der Waals surface area contributed by atoms with Gasteiger partial charge < -0.3 is 25.3 Å². The largest absolute Gasteiger partial charge is 0.368 e. The maximum absolute atomic E-state index is 13.1. The molecule has 0 aromatic heterocycles. The second-order valence-electron chi connectivity index (χ2n) is 8.35. The van der Waals surface area contributed by atoms with E-state index in [1.54, 1.807) is 0 Å². The Morgan fingerprint density at radius 2 is 1.73 bits per heavy atom. The van der Waals surface area contributed by atoms with Crippen molar-refractivity contribution in [3.05, 3.63) is 60.2 Å². The highest BCUT2D eigenvalue weighted by Crippen LogP contribution is 2.20. The summed E-state index contributed by atoms with van der Waals surface area (Å²) < 4.78 is 0. The number of hydrogen-bond acceptors (Lipinski definition) is 4. The second-order valence-corrected chi connectivity index (χ2v) is 8.74. The van der Waals surface area contributed by atoms with Crippen molar-refractivity contribution in [2.24, 2.45) is 0 Å². The van der Waals surface area contributed by atoms with Crippen molar-refractivity contribution in [1.29, 1.82) is 0 Å². The number of hydrogen-bond donors (Lipinski definition) is 2. The Morgan fingerprint density at radius 1 is 1.03 bits per heavy atom. The molecule has 2 saturated heterocycles. The molecule has 4 rings (SSSR count). The van der Waals surface area contributed by atoms with E-state index in [4.69, 9.17) is 12.2 Å². The van der Waals surface area contributed by atoms with Gasteiger partial charge in [-0.05, 0) is 42.4 Å². The molecular formula is C25H31N5O2S. The van der Waals surface area contributed by atoms with E-state index in [-0.39, 0.29) is 18.2 Å². The number of thiocarbonyl (C=S) groups is 1. The van der Waals surface area contributed by atoms with Crippen LogP contribution < -0.4 is 15.5 Å². The minimum absolute atomic E-state index is 0.00785. The molecule has 174 valence electrons. The number of aryl methyl sites for hydroxylation is 1. The second kappa shape index (κ2) is 10.7. The average molecular weight is 466 g/mol. The van der Waals surface area contributed by atoms with Crippen LogP contribution in [0.15, 0.2) is 54.6 Å². The number of para-hydroxylation sites is 2. The van der Waals surface area contributed by atoms with E-state index in [0.29, 0.717) is 31.3 Å². The van der Waals surface area contributed by atoms with E-state index in [1.165, 1.54) is 5.69 Å². The Bertz CT molecular complexity index is 991. The number of anilines is 2. The molecule has 2 fully saturated rings. The lowest BCUT2D eigenvalue weighted by molar-refractivity contribution is -0.137. The van der Waals surface area contributed by atoms with Gasteiger partial charge in [0, 0.05) is 50.6 Å². The number of rotatable bonds is 5. The Balaban J connectivity index is 1.38. The van der Waals surface area contributed by atoms with Crippen molar-refractivity contribution in [1.82, 2.24) is 15.1 Å². The Kier molecular flexibility index (Phi) is 7.44. The first-order valence-corrected chi connectivity index (χ1v) is 12.0. The molecule has 2 N–H and O–H groups in total. The molecule has 0 unspecified atom stereocenters. The highest BCUT2D eigenvalue weighted by Gasteiger charge is 2.35. The number of carbonyl (C=O) groups is 2. The molecule has 0 spiro atoms. The summed E-state index contributed by atoms with van der Waals surface area (Å²) in [5.41, 5.74) is 3.27. The molecule has 0 radical (unpaired) electrons. The van der Waals surface area contributed by atoms with E-state index >= 15 is 0 Å². The highest BCUT2D eigenvalue weighted by atomic mass is 32.1. The summed E-state index contributed by atoms with van der Waals surface area (Å²) in [5, 5.41) is 6.68. The highest BCUT2D eigenvalue weighted by molar-refractivity contribution is 7.80. The van der Waals surface area contributed by atoms with Gasteiger partial charge in [0.1, 0.15) is 6.04 Å². The molecule has 0 saturated carbocycles. The number of piperazine rings is 2. The summed E-state index contributed by atoms with van der Waals surface area (Å²) in [5.74, 6) is -0.156. The summed E-state index contributed by atoms with van der Waals surface area (Å²) in [7, 11) is 0. The summed E-state index contributed by atoms with van der Waals surface area (Å²) in [6, 6.07) is 17.6. The average Bonchev–Trinajstić information content (AvgIpc) is 2.86. The third-order valence-corrected chi connectivity index (χ3v) is 6.69. The van der Waals surface area contributed by atoms with Crippen LogP contribution in [0.5, 0.6) is 0 Å². The summed E-state index contributed by atoms with van der Waals surface area (Å²) in [4.78, 5) is 31.8. The fourth-order valence-electron chi connectivity index (χ4n) is 4.45. The third kappa shape index (κ3) is 5.45. The quantitative estimate of drug-likeness (QED) is 0.662. The minimum atomic E-state index is -0.604. The van der Waals surface area contributed by atoms with Gasteiger partial charge in [0.2, 0.25) is 11.8 Å². The van der Waals surface area contributed by atoms with Crippen molar-refractivity contribution in [2.45, 2.75) is 25.8 Å². The maximum Gasteiger partial charge on any atom is 0.243 e. The molecule has 2 aromatic carbocycles. The van der Waals surface area contributed by atoms with E-state index in [9.17, 15) is 9.59 Å². The fraction of sp³-hybridized carbons (Fsp3) is 0.400. The SMILES string of the molecule is CCc1ccccc1NC(=S)N1CCNC(=O)[C@@H]1CC(=O)N1CCN(c2ccccc2)CC1. The van der Waals surface area contributed by atoms with Crippen molar-refractivity contribution < 1.29 is 9.59 Å². The summed E-state index contributed by atoms with van der Waals surface area (Å²) in [6.45, 7) is 6.04. The van der Waals surface area contributed by atoms with Gasteiger partial charge in [0.15, 0.2) is 5.11 Å². The van der Waals surface area contributed by atoms with Gasteiger partial charge >= 0.3 is 0 Å². The van der Waals surface area contributed by atoms with Crippen LogP contribution in [0.1, 0.15) is 18.9 Å². The zero-order valence-electron chi connectivity index (χ0n) is 19.0. The molecule has 1 atom stereocenters. The summed E-state index contributed by atoms with van der Waals surface area (Å²) >= 11 is 5.68. The van der Waals surface area contributed by atoms with Crippen molar-refractivity contribution in [3.8, 4) is 0 Å². The van der Waals surface area contributed by atoms with Crippen LogP contribution in [0.25, 0.3) is 0 Å². The molecule has 2 heterocycles. The third-order valence-electron chi connectivity index (χ3n) is 6.35. The zero-order valence-corrected chi connectivity index (χ0v) is 19.8. The van der Waals surface area contributed by atoms with Crippen molar-refractivity contribution >= 4 is 40.5 Å². The van der Waals surface area contributed by atoms with Crippen molar-refractivity contribution in [3.63, 3.8) is 0 Å². The van der Waals surface area contributed by atoms with Gasteiger partial charge in [-0.1, -0.05) is 43.3 Å². The van der Waals surface area contributed by atoms with Crippen LogP contribution in [-0.2, 0) is 16.0 Å². The topological polar surface area (TPSA) is 67.9 Å². The molecule has 0 aliphatic carbocycles. The van der Waals surface area contributed by atoms with Gasteiger partial charge in [-0.2, -0.15) is 0 Å². The Morgan fingerprint density at radius 3 is 2.45 bits per heavy atom. The van der Waals surface area contributed by atoms with E-state index in [1.807, 2.05) is 46.2 Å². The Hall–Kier alpha value is -3.13. The van der Waals surface area contributed by atoms with Gasteiger partial charge in [0.25, 0.3) is 0 Å². The van der Waals surface area contributed by atoms with Crippen LogP contribution in [0.3, 0.4) is 0 Å². The van der Waals surface area contributed by atoms with Crippen LogP contribution in [0.4, 0.5) is 11.4 Å². The molecule has 2 aliphatic rings. The standard InChI is InChI=1S/C25H31N5O2S/c1-2-19-8-6-7-11-21(19)27-25(33)30-13-12-26-24(32)22(30)18-23(31)29-16-14-28(15-17-29)20-9-4-3-5-10-20/h3-11,22H,2,12-18H2,1H3,(H,26,32)(H,27,33)/t22-/m0/s1. The smallest absolute Gasteiger partial charge is 0.243 e. The van der Waals surface area contributed by atoms with Gasteiger partial charge in [-0.25, -0.2) is 0 Å². The molecule has 7 nitrogen and oxygen atoms in total. The molecule has 33 heavy (non-hydrogen) atoms. The fourth-order valence-corrected chi connectivity index (χ4v) is 4.77. The molecule has 2 aliphatic heterocycles. The lowest BCUT2D eigenvalue weighted by Gasteiger charge is -2.39. The predicted octanol–water partition coefficient (Wildman–Crippen LogP) is 2.49. The number of benzene rings is 2. The molecule has 2 amide bonds. The normalized spacial score (nSPS) is 18.6. The van der Waals surface area contributed by atoms with Gasteiger partial charge in [-0.3, -0.25) is 9.59 Å². The predicted molar refractivity (Wildman–Crippen MR) is 135 cm³/mol. The molecule has 0 bridgehead atoms. The number of amides is 2. The number of nitrogens with zero attached hydrogens (tertiary/aromatic N) is 3. The molecule has 2 aromatic rings. The van der Waals surface area contributed by atoms with E-state index in [0.717, 1.165) is 30.8 Å².